The standard InChI is InChI=1S/C33H44N4O6/c1-21(36(5)32(42)43-33(2,3)4)30(40)35-28(22-11-7-6-8-12-22)31(41)37-16-10-15-27(37)24-17-25(20-34-19-24)29(39)23-13-9-14-26(38)18-23/h9,13-14,17-22,27-28,38H,6-8,10-12,15-16H2,1-5H3,(H,35,40)/t21-,27-,28-/m0/s1. The van der Waals surface area contributed by atoms with Crippen LogP contribution in [0.2, 0.25) is 0 Å². The molecule has 0 spiro atoms. The summed E-state index contributed by atoms with van der Waals surface area (Å²) in [6.07, 6.45) is 8.80. The Morgan fingerprint density at radius 2 is 1.74 bits per heavy atom. The highest BCUT2D eigenvalue weighted by Crippen LogP contribution is 2.35. The van der Waals surface area contributed by atoms with E-state index in [-0.39, 0.29) is 29.4 Å². The van der Waals surface area contributed by atoms with Crippen molar-refractivity contribution >= 4 is 23.7 Å². The Morgan fingerprint density at radius 3 is 2.42 bits per heavy atom. The van der Waals surface area contributed by atoms with Crippen molar-refractivity contribution in [2.24, 2.45) is 5.92 Å². The summed E-state index contributed by atoms with van der Waals surface area (Å²) in [5.41, 5.74) is 0.776. The molecule has 0 radical (unpaired) electrons. The molecular weight excluding hydrogens is 548 g/mol. The van der Waals surface area contributed by atoms with Gasteiger partial charge in [-0.25, -0.2) is 4.79 Å². The number of phenolic OH excluding ortho intramolecular Hbond substituents is 1. The Kier molecular flexibility index (Phi) is 10.1. The second-order valence-corrected chi connectivity index (χ2v) is 12.7. The number of benzene rings is 1. The van der Waals surface area contributed by atoms with Gasteiger partial charge in [0.2, 0.25) is 11.8 Å². The van der Waals surface area contributed by atoms with Gasteiger partial charge >= 0.3 is 6.09 Å². The highest BCUT2D eigenvalue weighted by Gasteiger charge is 2.40. The van der Waals surface area contributed by atoms with Gasteiger partial charge < -0.3 is 20.1 Å². The lowest BCUT2D eigenvalue weighted by Gasteiger charge is -2.36. The van der Waals surface area contributed by atoms with Gasteiger partial charge in [-0.2, -0.15) is 0 Å². The molecule has 1 saturated carbocycles. The minimum atomic E-state index is -0.840. The fraction of sp³-hybridized carbons (Fsp3) is 0.545. The Balaban J connectivity index is 1.54. The zero-order valence-electron chi connectivity index (χ0n) is 25.8. The predicted octanol–water partition coefficient (Wildman–Crippen LogP) is 5.00. The molecule has 4 rings (SSSR count). The van der Waals surface area contributed by atoms with E-state index in [1.807, 2.05) is 0 Å². The van der Waals surface area contributed by atoms with Crippen molar-refractivity contribution in [1.29, 1.82) is 0 Å². The molecule has 2 heterocycles. The number of nitrogens with zero attached hydrogens (tertiary/aromatic N) is 3. The number of nitrogens with one attached hydrogen (secondary N) is 1. The summed E-state index contributed by atoms with van der Waals surface area (Å²) in [7, 11) is 1.52. The van der Waals surface area contributed by atoms with Crippen LogP contribution < -0.4 is 5.32 Å². The highest BCUT2D eigenvalue weighted by molar-refractivity contribution is 6.09. The van der Waals surface area contributed by atoms with Gasteiger partial charge in [-0.3, -0.25) is 24.3 Å². The number of hydrogen-bond donors (Lipinski definition) is 2. The zero-order valence-corrected chi connectivity index (χ0v) is 25.8. The quantitative estimate of drug-likeness (QED) is 0.413. The summed E-state index contributed by atoms with van der Waals surface area (Å²) in [6.45, 7) is 7.45. The van der Waals surface area contributed by atoms with E-state index in [4.69, 9.17) is 4.74 Å². The van der Waals surface area contributed by atoms with Gasteiger partial charge in [-0.05, 0) is 83.1 Å². The van der Waals surface area contributed by atoms with Gasteiger partial charge in [0.05, 0.1) is 6.04 Å². The van der Waals surface area contributed by atoms with Crippen molar-refractivity contribution < 1.29 is 29.0 Å². The van der Waals surface area contributed by atoms with Gasteiger partial charge in [-0.15, -0.1) is 0 Å². The highest BCUT2D eigenvalue weighted by atomic mass is 16.6. The predicted molar refractivity (Wildman–Crippen MR) is 161 cm³/mol. The minimum absolute atomic E-state index is 0.00457. The molecule has 2 aliphatic rings. The van der Waals surface area contributed by atoms with Crippen molar-refractivity contribution in [3.05, 3.63) is 59.4 Å². The molecule has 1 aromatic heterocycles. The number of ether oxygens (including phenoxy) is 1. The van der Waals surface area contributed by atoms with Crippen LogP contribution in [0.15, 0.2) is 42.7 Å². The lowest BCUT2D eigenvalue weighted by molar-refractivity contribution is -0.140. The summed E-state index contributed by atoms with van der Waals surface area (Å²) >= 11 is 0. The molecule has 1 aliphatic heterocycles. The topological polar surface area (TPSA) is 129 Å². The third-order valence-corrected chi connectivity index (χ3v) is 8.38. The number of pyridine rings is 1. The number of aromatic hydroxyl groups is 1. The van der Waals surface area contributed by atoms with Crippen LogP contribution >= 0.6 is 0 Å². The van der Waals surface area contributed by atoms with Crippen molar-refractivity contribution in [3.8, 4) is 5.75 Å². The summed E-state index contributed by atoms with van der Waals surface area (Å²) < 4.78 is 5.43. The fourth-order valence-corrected chi connectivity index (χ4v) is 5.92. The van der Waals surface area contributed by atoms with E-state index < -0.39 is 29.7 Å². The van der Waals surface area contributed by atoms with Crippen LogP contribution in [0.1, 0.15) is 100 Å². The third kappa shape index (κ3) is 7.91. The number of hydrogen-bond acceptors (Lipinski definition) is 7. The number of amides is 3. The summed E-state index contributed by atoms with van der Waals surface area (Å²) in [6, 6.07) is 6.08. The molecule has 3 amide bonds. The Morgan fingerprint density at radius 1 is 1.02 bits per heavy atom. The van der Waals surface area contributed by atoms with E-state index in [1.54, 1.807) is 57.0 Å². The summed E-state index contributed by atoms with van der Waals surface area (Å²) in [5, 5.41) is 12.8. The summed E-state index contributed by atoms with van der Waals surface area (Å²) in [4.78, 5) is 60.9. The number of aromatic nitrogens is 1. The minimum Gasteiger partial charge on any atom is -0.508 e. The number of phenols is 1. The van der Waals surface area contributed by atoms with Crippen molar-refractivity contribution in [3.63, 3.8) is 0 Å². The van der Waals surface area contributed by atoms with E-state index in [1.165, 1.54) is 30.3 Å². The summed E-state index contributed by atoms with van der Waals surface area (Å²) in [5.74, 6) is -0.836. The molecule has 2 N–H and O–H groups in total. The normalized spacial score (nSPS) is 18.9. The van der Waals surface area contributed by atoms with Crippen molar-refractivity contribution in [1.82, 2.24) is 20.1 Å². The second-order valence-electron chi connectivity index (χ2n) is 12.7. The molecule has 2 aromatic rings. The lowest BCUT2D eigenvalue weighted by Crippen LogP contribution is -2.56. The molecular formula is C33H44N4O6. The molecule has 10 heteroatoms. The van der Waals surface area contributed by atoms with Crippen molar-refractivity contribution in [2.45, 2.75) is 96.4 Å². The Bertz CT molecular complexity index is 1330. The third-order valence-electron chi connectivity index (χ3n) is 8.38. The monoisotopic (exact) mass is 592 g/mol. The van der Waals surface area contributed by atoms with Gasteiger partial charge in [0.25, 0.3) is 0 Å². The fourth-order valence-electron chi connectivity index (χ4n) is 5.92. The first-order valence-electron chi connectivity index (χ1n) is 15.2. The lowest BCUT2D eigenvalue weighted by atomic mass is 9.83. The van der Waals surface area contributed by atoms with Crippen LogP contribution in [0.3, 0.4) is 0 Å². The van der Waals surface area contributed by atoms with Gasteiger partial charge in [-0.1, -0.05) is 31.4 Å². The van der Waals surface area contributed by atoms with E-state index in [0.29, 0.717) is 24.1 Å². The second kappa shape index (κ2) is 13.6. The first-order valence-corrected chi connectivity index (χ1v) is 15.2. The number of carbonyl (C=O) groups excluding carboxylic acids is 4. The van der Waals surface area contributed by atoms with Crippen LogP contribution in [0.5, 0.6) is 5.75 Å². The molecule has 10 nitrogen and oxygen atoms in total. The van der Waals surface area contributed by atoms with Crippen LogP contribution in [0.25, 0.3) is 0 Å². The maximum Gasteiger partial charge on any atom is 0.410 e. The number of rotatable bonds is 8. The SMILES string of the molecule is C[C@@H](C(=O)N[C@H](C(=O)N1CCC[C@H]1c1cncc(C(=O)c2cccc(O)c2)c1)C1CCCCC1)N(C)C(=O)OC(C)(C)C. The van der Waals surface area contributed by atoms with Crippen LogP contribution in [-0.2, 0) is 14.3 Å². The largest absolute Gasteiger partial charge is 0.508 e. The Hall–Kier alpha value is -3.95. The molecule has 1 aromatic carbocycles. The van der Waals surface area contributed by atoms with Gasteiger partial charge in [0.15, 0.2) is 5.78 Å². The molecule has 3 atom stereocenters. The van der Waals surface area contributed by atoms with Crippen LogP contribution in [0.4, 0.5) is 4.79 Å². The number of ketones is 1. The molecule has 0 bridgehead atoms. The Labute approximate surface area is 253 Å². The number of likely N-dealkylation sites (N-methyl/N-ethyl adjacent to an activating group) is 1. The van der Waals surface area contributed by atoms with Crippen LogP contribution in [0, 0.1) is 5.92 Å². The molecule has 43 heavy (non-hydrogen) atoms. The molecule has 232 valence electrons. The number of carbonyl (C=O) groups is 4. The zero-order chi connectivity index (χ0) is 31.3. The van der Waals surface area contributed by atoms with E-state index in [0.717, 1.165) is 44.1 Å². The molecule has 1 aliphatic carbocycles. The average molecular weight is 593 g/mol. The average Bonchev–Trinajstić information content (AvgIpc) is 3.48. The number of likely N-dealkylation sites (tertiary alicyclic amines) is 1. The molecule has 1 saturated heterocycles. The first kappa shape index (κ1) is 32.0. The molecule has 0 unspecified atom stereocenters. The van der Waals surface area contributed by atoms with Crippen LogP contribution in [-0.4, -0.2) is 74.9 Å². The smallest absolute Gasteiger partial charge is 0.410 e. The van der Waals surface area contributed by atoms with Gasteiger partial charge in [0, 0.05) is 37.1 Å². The molecule has 2 fully saturated rings. The maximum absolute atomic E-state index is 14.2. The van der Waals surface area contributed by atoms with E-state index in [9.17, 15) is 24.3 Å². The maximum atomic E-state index is 14.2. The van der Waals surface area contributed by atoms with Crippen molar-refractivity contribution in [2.75, 3.05) is 13.6 Å². The van der Waals surface area contributed by atoms with Gasteiger partial charge in [0.1, 0.15) is 23.4 Å². The van der Waals surface area contributed by atoms with E-state index in [2.05, 4.69) is 10.3 Å². The van der Waals surface area contributed by atoms with E-state index >= 15 is 0 Å². The first-order chi connectivity index (χ1) is 20.4.